The number of phosphoric acid groups is 2. The van der Waals surface area contributed by atoms with E-state index in [0.29, 0.717) is 0 Å². The van der Waals surface area contributed by atoms with Crippen molar-refractivity contribution in [2.75, 3.05) is 13.2 Å². The zero-order chi connectivity index (χ0) is 32.0. The van der Waals surface area contributed by atoms with Crippen molar-refractivity contribution in [1.29, 1.82) is 0 Å². The Labute approximate surface area is 246 Å². The molecule has 3 aromatic rings. The fourth-order valence-corrected chi connectivity index (χ4v) is 6.72. The third kappa shape index (κ3) is 6.73. The van der Waals surface area contributed by atoms with E-state index in [4.69, 9.17) is 14.0 Å². The molecule has 0 radical (unpaired) electrons. The van der Waals surface area contributed by atoms with Crippen LogP contribution in [0.2, 0.25) is 0 Å². The molecule has 3 aromatic heterocycles. The summed E-state index contributed by atoms with van der Waals surface area (Å²) in [6, 6.07) is 3.03. The smallest absolute Gasteiger partial charge is 0.387 e. The van der Waals surface area contributed by atoms with Gasteiger partial charge in [-0.3, -0.25) is 23.2 Å². The number of carbonyl (C=O) groups is 1. The maximum atomic E-state index is 12.4. The molecule has 20 nitrogen and oxygen atoms in total. The third-order valence-corrected chi connectivity index (χ3v) is 9.45. The Balaban J connectivity index is 1.16. The lowest BCUT2D eigenvalue weighted by Gasteiger charge is -2.20. The molecule has 0 aromatic carbocycles. The topological polar surface area (TPSA) is 286 Å². The molecule has 0 amide bonds. The molecule has 240 valence electrons. The number of pyridine rings is 1. The van der Waals surface area contributed by atoms with Gasteiger partial charge in [-0.25, -0.2) is 19.1 Å². The van der Waals surface area contributed by atoms with Crippen molar-refractivity contribution in [2.24, 2.45) is 0 Å². The van der Waals surface area contributed by atoms with Gasteiger partial charge in [-0.1, -0.05) is 0 Å². The largest absolute Gasteiger partial charge is 0.481 e. The number of aliphatic hydroxyl groups excluding tert-OH is 4. The van der Waals surface area contributed by atoms with Gasteiger partial charge in [0.25, 0.3) is 11.8 Å². The molecule has 22 heteroatoms. The van der Waals surface area contributed by atoms with Crippen LogP contribution in [0.15, 0.2) is 42.0 Å². The number of nitrogens with one attached hydrogen (secondary N) is 1. The van der Waals surface area contributed by atoms with Gasteiger partial charge in [0.2, 0.25) is 0 Å². The number of rotatable bonds is 11. The highest BCUT2D eigenvalue weighted by atomic mass is 31.3. The number of nitrogens with zero attached hydrogens (tertiary/aromatic N) is 4. The van der Waals surface area contributed by atoms with E-state index in [1.807, 2.05) is 0 Å². The summed E-state index contributed by atoms with van der Waals surface area (Å²) in [6.45, 7) is -0.477. The molecule has 0 bridgehead atoms. The standard InChI is InChI=1S/C22H27N5O15P2/c1-10(28)11-3-2-4-26(5-11)21-17(31)15(29)12(40-21)6-38-43(34,35)42-44(36,37)39-7-13-16(30)18(32)22(41-13)27-9-25-14-19(27)23-8-24-20(14)33/h2-5,8-9,12-13,15-18,21-22,29-32H,6-7H2,1H3,(H2-,23,24,33,34,35,36,37)/p+1/t12?,13-,15-,16?,17-,18-,21+,22?/m1/s1. The summed E-state index contributed by atoms with van der Waals surface area (Å²) in [5.41, 5.74) is -0.349. The molecular weight excluding hydrogens is 636 g/mol. The van der Waals surface area contributed by atoms with Gasteiger partial charge in [-0.2, -0.15) is 8.88 Å². The minimum absolute atomic E-state index is 0.0134. The normalized spacial score (nSPS) is 31.6. The van der Waals surface area contributed by atoms with Crippen LogP contribution < -0.4 is 10.1 Å². The van der Waals surface area contributed by atoms with Crippen LogP contribution >= 0.6 is 15.6 Å². The number of fused-ring (bicyclic) bond motifs is 1. The predicted molar refractivity (Wildman–Crippen MR) is 139 cm³/mol. The SMILES string of the molecule is CC(=O)c1ccc[n+]([C@H]2OC(COP(=O)(O)OP(=O)(O)OC[C@H]3OC(n4cnc5c(=O)[nH]cnc54)[C@H](O)C3O)[C@@H](O)[C@H]2O)c1. The predicted octanol–water partition coefficient (Wildman–Crippen LogP) is -2.20. The van der Waals surface area contributed by atoms with Crippen molar-refractivity contribution in [2.45, 2.75) is 56.0 Å². The van der Waals surface area contributed by atoms with E-state index in [0.717, 1.165) is 17.2 Å². The summed E-state index contributed by atoms with van der Waals surface area (Å²) < 4.78 is 52.0. The lowest BCUT2D eigenvalue weighted by Crippen LogP contribution is -2.46. The number of H-pyrrole nitrogens is 1. The molecule has 44 heavy (non-hydrogen) atoms. The van der Waals surface area contributed by atoms with Crippen LogP contribution in [0, 0.1) is 0 Å². The molecule has 2 fully saturated rings. The zero-order valence-corrected chi connectivity index (χ0v) is 24.3. The van der Waals surface area contributed by atoms with E-state index in [9.17, 15) is 48.9 Å². The number of hydrogen-bond acceptors (Lipinski definition) is 15. The average Bonchev–Trinajstić information content (AvgIpc) is 3.61. The van der Waals surface area contributed by atoms with Gasteiger partial charge in [0.1, 0.15) is 30.5 Å². The van der Waals surface area contributed by atoms with Crippen molar-refractivity contribution in [1.82, 2.24) is 19.5 Å². The number of ether oxygens (including phenoxy) is 2. The minimum Gasteiger partial charge on any atom is -0.387 e. The van der Waals surface area contributed by atoms with Gasteiger partial charge in [0.05, 0.1) is 31.4 Å². The first-order valence-electron chi connectivity index (χ1n) is 12.8. The summed E-state index contributed by atoms with van der Waals surface area (Å²) in [5.74, 6) is -0.270. The van der Waals surface area contributed by atoms with Gasteiger partial charge < -0.3 is 44.7 Å². The second-order valence-electron chi connectivity index (χ2n) is 9.85. The van der Waals surface area contributed by atoms with Crippen LogP contribution in [-0.4, -0.2) is 105 Å². The van der Waals surface area contributed by atoms with E-state index in [1.165, 1.54) is 36.0 Å². The van der Waals surface area contributed by atoms with Crippen LogP contribution in [0.4, 0.5) is 0 Å². The van der Waals surface area contributed by atoms with Gasteiger partial charge in [0.15, 0.2) is 41.7 Å². The maximum Gasteiger partial charge on any atom is 0.481 e. The number of hydrogen-bond donors (Lipinski definition) is 7. The molecule has 0 aliphatic carbocycles. The van der Waals surface area contributed by atoms with Crippen LogP contribution in [0.5, 0.6) is 0 Å². The Bertz CT molecular complexity index is 1680. The average molecular weight is 664 g/mol. The molecule has 0 saturated carbocycles. The second kappa shape index (κ2) is 12.5. The number of ketones is 1. The maximum absolute atomic E-state index is 12.4. The van der Waals surface area contributed by atoms with Crippen molar-refractivity contribution in [3.8, 4) is 0 Å². The second-order valence-corrected chi connectivity index (χ2v) is 12.9. The molecule has 7 N–H and O–H groups in total. The lowest BCUT2D eigenvalue weighted by atomic mass is 10.1. The Morgan fingerprint density at radius 2 is 1.66 bits per heavy atom. The van der Waals surface area contributed by atoms with Crippen LogP contribution in [0.25, 0.3) is 11.2 Å². The lowest BCUT2D eigenvalue weighted by molar-refractivity contribution is -0.765. The summed E-state index contributed by atoms with van der Waals surface area (Å²) in [6.07, 6.45) is -6.88. The zero-order valence-electron chi connectivity index (χ0n) is 22.5. The fraction of sp³-hybridized carbons (Fsp3) is 0.500. The van der Waals surface area contributed by atoms with E-state index >= 15 is 0 Å². The highest BCUT2D eigenvalue weighted by Crippen LogP contribution is 2.60. The highest BCUT2D eigenvalue weighted by Gasteiger charge is 2.50. The summed E-state index contributed by atoms with van der Waals surface area (Å²) in [5, 5.41) is 41.6. The molecule has 0 spiro atoms. The van der Waals surface area contributed by atoms with E-state index < -0.39 is 83.5 Å². The number of carbonyl (C=O) groups excluding carboxylic acids is 1. The number of aromatic amines is 1. The Morgan fingerprint density at radius 3 is 2.32 bits per heavy atom. The summed E-state index contributed by atoms with van der Waals surface area (Å²) in [4.78, 5) is 53.7. The molecule has 5 rings (SSSR count). The highest BCUT2D eigenvalue weighted by molar-refractivity contribution is 7.61. The van der Waals surface area contributed by atoms with Gasteiger partial charge in [-0.05, 0) is 13.0 Å². The molecule has 2 aliphatic rings. The van der Waals surface area contributed by atoms with Crippen molar-refractivity contribution < 1.29 is 71.5 Å². The first-order valence-corrected chi connectivity index (χ1v) is 15.8. The van der Waals surface area contributed by atoms with Gasteiger partial charge >= 0.3 is 15.6 Å². The molecule has 5 unspecified atom stereocenters. The monoisotopic (exact) mass is 664 g/mol. The number of aliphatic hydroxyl groups is 4. The number of Topliss-reactive ketones (excluding diaryl/α,β-unsaturated/α-hetero) is 1. The van der Waals surface area contributed by atoms with E-state index in [2.05, 4.69) is 23.8 Å². The molecule has 2 aliphatic heterocycles. The van der Waals surface area contributed by atoms with E-state index in [-0.39, 0.29) is 22.5 Å². The molecule has 10 atom stereocenters. The third-order valence-electron chi connectivity index (χ3n) is 6.85. The number of aromatic nitrogens is 5. The first-order chi connectivity index (χ1) is 20.7. The van der Waals surface area contributed by atoms with Crippen LogP contribution in [-0.2, 0) is 32.0 Å². The van der Waals surface area contributed by atoms with Gasteiger partial charge in [0, 0.05) is 6.07 Å². The molecular formula is C22H28N5O15P2+. The molecule has 5 heterocycles. The van der Waals surface area contributed by atoms with Crippen molar-refractivity contribution >= 4 is 32.6 Å². The number of phosphoric ester groups is 2. The summed E-state index contributed by atoms with van der Waals surface area (Å²) >= 11 is 0. The van der Waals surface area contributed by atoms with E-state index in [1.54, 1.807) is 0 Å². The Hall–Kier alpha value is -2.81. The Kier molecular flexibility index (Phi) is 9.28. The van der Waals surface area contributed by atoms with Crippen molar-refractivity contribution in [3.05, 3.63) is 53.1 Å². The van der Waals surface area contributed by atoms with Crippen LogP contribution in [0.3, 0.4) is 0 Å². The molecule has 2 saturated heterocycles. The first kappa shape index (κ1) is 32.6. The van der Waals surface area contributed by atoms with Crippen molar-refractivity contribution in [3.63, 3.8) is 0 Å². The van der Waals surface area contributed by atoms with Crippen LogP contribution in [0.1, 0.15) is 29.7 Å². The van der Waals surface area contributed by atoms with Gasteiger partial charge in [-0.15, -0.1) is 0 Å². The summed E-state index contributed by atoms with van der Waals surface area (Å²) in [7, 11) is -10.7. The minimum atomic E-state index is -5.38. The Morgan fingerprint density at radius 1 is 1.02 bits per heavy atom. The fourth-order valence-electron chi connectivity index (χ4n) is 4.63. The quantitative estimate of drug-likeness (QED) is 0.0650. The number of imidazole rings is 1.